The minimum atomic E-state index is -3.75. The predicted molar refractivity (Wildman–Crippen MR) is 119 cm³/mol. The summed E-state index contributed by atoms with van der Waals surface area (Å²) < 4.78 is 28.0. The summed E-state index contributed by atoms with van der Waals surface area (Å²) in [7, 11) is -3.75. The van der Waals surface area contributed by atoms with Crippen LogP contribution in [0.2, 0.25) is 5.02 Å². The molecule has 6 nitrogen and oxygen atoms in total. The highest BCUT2D eigenvalue weighted by molar-refractivity contribution is 7.89. The summed E-state index contributed by atoms with van der Waals surface area (Å²) >= 11 is 11.3. The van der Waals surface area contributed by atoms with Crippen LogP contribution in [-0.4, -0.2) is 30.5 Å². The number of hydrogen-bond donors (Lipinski definition) is 3. The number of sulfonamides is 1. The summed E-state index contributed by atoms with van der Waals surface area (Å²) in [5, 5.41) is 12.3. The molecule has 1 unspecified atom stereocenters. The maximum Gasteiger partial charge on any atom is 0.303 e. The SMILES string of the molecule is CCCC(NS(=O)(=O)c1ccc(Cl)cc1)C(=S)Nc1ccc(CCC(=O)O)cc1. The van der Waals surface area contributed by atoms with E-state index < -0.39 is 22.0 Å². The summed E-state index contributed by atoms with van der Waals surface area (Å²) in [5.41, 5.74) is 1.61. The molecule has 3 N–H and O–H groups in total. The fourth-order valence-electron chi connectivity index (χ4n) is 2.64. The van der Waals surface area contributed by atoms with E-state index in [1.807, 2.05) is 19.1 Å². The first-order valence-electron chi connectivity index (χ1n) is 9.10. The summed E-state index contributed by atoms with van der Waals surface area (Å²) in [6.45, 7) is 1.95. The number of nitrogens with one attached hydrogen (secondary N) is 2. The second-order valence-corrected chi connectivity index (χ2v) is 9.09. The molecule has 0 fully saturated rings. The standard InChI is InChI=1S/C20H23ClN2O4S2/c1-2-3-18(23-29(26,27)17-11-7-15(21)8-12-17)20(28)22-16-9-4-14(5-10-16)6-13-19(24)25/h4-5,7-12,18,23H,2-3,6,13H2,1H3,(H,22,28)(H,24,25). The second-order valence-electron chi connectivity index (χ2n) is 6.50. The number of halogens is 1. The average Bonchev–Trinajstić information content (AvgIpc) is 2.67. The number of carboxylic acid groups (broad SMARTS) is 1. The molecule has 29 heavy (non-hydrogen) atoms. The molecule has 0 saturated carbocycles. The van der Waals surface area contributed by atoms with Gasteiger partial charge in [0.25, 0.3) is 0 Å². The van der Waals surface area contributed by atoms with Crippen molar-refractivity contribution in [3.8, 4) is 0 Å². The molecule has 0 spiro atoms. The van der Waals surface area contributed by atoms with Crippen molar-refractivity contribution in [3.05, 3.63) is 59.1 Å². The van der Waals surface area contributed by atoms with Gasteiger partial charge in [-0.1, -0.05) is 49.3 Å². The number of aryl methyl sites for hydroxylation is 1. The molecule has 0 amide bonds. The topological polar surface area (TPSA) is 95.5 Å². The molecule has 0 aliphatic carbocycles. The average molecular weight is 455 g/mol. The summed E-state index contributed by atoms with van der Waals surface area (Å²) in [6, 6.07) is 12.6. The number of hydrogen-bond acceptors (Lipinski definition) is 4. The third-order valence-corrected chi connectivity index (χ3v) is 6.29. The smallest absolute Gasteiger partial charge is 0.303 e. The minimum Gasteiger partial charge on any atom is -0.481 e. The van der Waals surface area contributed by atoms with Crippen LogP contribution in [0.4, 0.5) is 5.69 Å². The van der Waals surface area contributed by atoms with Crippen LogP contribution < -0.4 is 10.0 Å². The molecule has 2 aromatic rings. The zero-order valence-electron chi connectivity index (χ0n) is 15.9. The predicted octanol–water partition coefficient (Wildman–Crippen LogP) is 4.24. The van der Waals surface area contributed by atoms with Crippen molar-refractivity contribution < 1.29 is 18.3 Å². The van der Waals surface area contributed by atoms with Crippen LogP contribution in [-0.2, 0) is 21.2 Å². The van der Waals surface area contributed by atoms with E-state index in [0.29, 0.717) is 28.5 Å². The molecular formula is C20H23ClN2O4S2. The van der Waals surface area contributed by atoms with Crippen molar-refractivity contribution in [2.24, 2.45) is 0 Å². The summed E-state index contributed by atoms with van der Waals surface area (Å²) in [5.74, 6) is -0.844. The number of carbonyl (C=O) groups is 1. The highest BCUT2D eigenvalue weighted by Crippen LogP contribution is 2.17. The largest absolute Gasteiger partial charge is 0.481 e. The van der Waals surface area contributed by atoms with Gasteiger partial charge in [0.1, 0.15) is 0 Å². The van der Waals surface area contributed by atoms with Crippen LogP contribution in [0, 0.1) is 0 Å². The Balaban J connectivity index is 2.06. The Morgan fingerprint density at radius 3 is 2.31 bits per heavy atom. The molecule has 2 aromatic carbocycles. The van der Waals surface area contributed by atoms with Gasteiger partial charge in [-0.05, 0) is 54.8 Å². The van der Waals surface area contributed by atoms with E-state index in [-0.39, 0.29) is 11.3 Å². The summed E-state index contributed by atoms with van der Waals surface area (Å²) in [4.78, 5) is 11.1. The van der Waals surface area contributed by atoms with Crippen molar-refractivity contribution >= 4 is 50.5 Å². The maximum atomic E-state index is 12.7. The third kappa shape index (κ3) is 7.40. The number of benzene rings is 2. The number of thiocarbonyl (C=S) groups is 1. The van der Waals surface area contributed by atoms with Gasteiger partial charge in [-0.3, -0.25) is 4.79 Å². The first-order valence-corrected chi connectivity index (χ1v) is 11.4. The second kappa shape index (κ2) is 10.7. The normalized spacial score (nSPS) is 12.3. The van der Waals surface area contributed by atoms with Crippen LogP contribution >= 0.6 is 23.8 Å². The molecule has 9 heteroatoms. The molecule has 0 aromatic heterocycles. The van der Waals surface area contributed by atoms with Crippen molar-refractivity contribution in [3.63, 3.8) is 0 Å². The van der Waals surface area contributed by atoms with Crippen LogP contribution in [0.1, 0.15) is 31.7 Å². The molecule has 0 saturated heterocycles. The van der Waals surface area contributed by atoms with Crippen molar-refractivity contribution in [2.45, 2.75) is 43.5 Å². The molecule has 0 aliphatic rings. The monoisotopic (exact) mass is 454 g/mol. The van der Waals surface area contributed by atoms with E-state index in [1.54, 1.807) is 12.1 Å². The minimum absolute atomic E-state index is 0.0657. The first kappa shape index (κ1) is 23.3. The highest BCUT2D eigenvalue weighted by atomic mass is 35.5. The van der Waals surface area contributed by atoms with Gasteiger partial charge in [0, 0.05) is 17.1 Å². The maximum absolute atomic E-state index is 12.7. The van der Waals surface area contributed by atoms with Gasteiger partial charge >= 0.3 is 5.97 Å². The molecule has 0 radical (unpaired) electrons. The van der Waals surface area contributed by atoms with Gasteiger partial charge in [0.2, 0.25) is 10.0 Å². The number of rotatable bonds is 10. The Morgan fingerprint density at radius 1 is 1.14 bits per heavy atom. The van der Waals surface area contributed by atoms with Crippen LogP contribution in [0.15, 0.2) is 53.4 Å². The first-order chi connectivity index (χ1) is 13.7. The van der Waals surface area contributed by atoms with Crippen molar-refractivity contribution in [1.29, 1.82) is 0 Å². The molecule has 0 aliphatic heterocycles. The molecular weight excluding hydrogens is 432 g/mol. The zero-order chi connectivity index (χ0) is 21.4. The van der Waals surface area contributed by atoms with E-state index in [2.05, 4.69) is 10.0 Å². The van der Waals surface area contributed by atoms with Crippen molar-refractivity contribution in [1.82, 2.24) is 4.72 Å². The van der Waals surface area contributed by atoms with Crippen LogP contribution in [0.25, 0.3) is 0 Å². The van der Waals surface area contributed by atoms with Crippen molar-refractivity contribution in [2.75, 3.05) is 5.32 Å². The molecule has 2 rings (SSSR count). The quantitative estimate of drug-likeness (QED) is 0.464. The Morgan fingerprint density at radius 2 is 1.76 bits per heavy atom. The molecule has 1 atom stereocenters. The van der Waals surface area contributed by atoms with E-state index in [4.69, 9.17) is 28.9 Å². The van der Waals surface area contributed by atoms with E-state index in [0.717, 1.165) is 12.0 Å². The fourth-order valence-corrected chi connectivity index (χ4v) is 4.37. The molecule has 156 valence electrons. The van der Waals surface area contributed by atoms with Crippen LogP contribution in [0.5, 0.6) is 0 Å². The van der Waals surface area contributed by atoms with E-state index in [9.17, 15) is 13.2 Å². The van der Waals surface area contributed by atoms with Gasteiger partial charge in [0.15, 0.2) is 0 Å². The Labute approximate surface area is 181 Å². The number of aliphatic carboxylic acids is 1. The lowest BCUT2D eigenvalue weighted by Crippen LogP contribution is -2.42. The van der Waals surface area contributed by atoms with E-state index >= 15 is 0 Å². The van der Waals surface area contributed by atoms with E-state index in [1.165, 1.54) is 24.3 Å². The summed E-state index contributed by atoms with van der Waals surface area (Å²) in [6.07, 6.45) is 1.79. The zero-order valence-corrected chi connectivity index (χ0v) is 18.3. The lowest BCUT2D eigenvalue weighted by atomic mass is 10.1. The Kier molecular flexibility index (Phi) is 8.58. The van der Waals surface area contributed by atoms with Gasteiger partial charge < -0.3 is 10.4 Å². The highest BCUT2D eigenvalue weighted by Gasteiger charge is 2.23. The number of anilines is 1. The Bertz CT molecular complexity index is 945. The van der Waals surface area contributed by atoms with Gasteiger partial charge in [-0.2, -0.15) is 0 Å². The van der Waals surface area contributed by atoms with Gasteiger partial charge in [-0.25, -0.2) is 13.1 Å². The van der Waals surface area contributed by atoms with Gasteiger partial charge in [0.05, 0.1) is 15.9 Å². The fraction of sp³-hybridized carbons (Fsp3) is 0.300. The third-order valence-electron chi connectivity index (χ3n) is 4.16. The van der Waals surface area contributed by atoms with Crippen LogP contribution in [0.3, 0.4) is 0 Å². The lowest BCUT2D eigenvalue weighted by Gasteiger charge is -2.20. The Hall–Kier alpha value is -2.00. The van der Waals surface area contributed by atoms with Gasteiger partial charge in [-0.15, -0.1) is 0 Å². The molecule has 0 heterocycles. The molecule has 0 bridgehead atoms. The lowest BCUT2D eigenvalue weighted by molar-refractivity contribution is -0.136. The number of carboxylic acids is 1.